The molecule has 4 aromatic rings. The van der Waals surface area contributed by atoms with Crippen LogP contribution in [0.2, 0.25) is 0 Å². The number of rotatable bonds is 8. The van der Waals surface area contributed by atoms with Crippen molar-refractivity contribution in [3.63, 3.8) is 0 Å². The highest BCUT2D eigenvalue weighted by molar-refractivity contribution is 7.99. The number of amides is 2. The van der Waals surface area contributed by atoms with E-state index in [4.69, 9.17) is 0 Å². The number of nitrogens with zero attached hydrogens (tertiary/aromatic N) is 3. The number of aromatic nitrogens is 3. The molecule has 0 aliphatic rings. The van der Waals surface area contributed by atoms with Crippen molar-refractivity contribution < 1.29 is 14.0 Å². The number of benzene rings is 3. The highest BCUT2D eigenvalue weighted by Gasteiger charge is 2.14. The molecule has 1 heterocycles. The number of nitrogens with one attached hydrogen (secondary N) is 2. The van der Waals surface area contributed by atoms with Gasteiger partial charge in [-0.2, -0.15) is 0 Å². The third kappa shape index (κ3) is 6.42. The predicted octanol–water partition coefficient (Wildman–Crippen LogP) is 5.00. The van der Waals surface area contributed by atoms with Gasteiger partial charge in [0.1, 0.15) is 5.82 Å². The van der Waals surface area contributed by atoms with Gasteiger partial charge in [-0.05, 0) is 48.0 Å². The van der Waals surface area contributed by atoms with Crippen molar-refractivity contribution >= 4 is 41.0 Å². The Balaban J connectivity index is 1.34. The topological polar surface area (TPSA) is 88.9 Å². The fourth-order valence-electron chi connectivity index (χ4n) is 3.19. The maximum absolute atomic E-state index is 13.7. The highest BCUT2D eigenvalue weighted by atomic mass is 32.2. The molecule has 0 aliphatic carbocycles. The number of para-hydroxylation sites is 1. The van der Waals surface area contributed by atoms with Crippen LogP contribution in [0.1, 0.15) is 5.56 Å². The Kier molecular flexibility index (Phi) is 7.69. The van der Waals surface area contributed by atoms with Crippen molar-refractivity contribution in [2.24, 2.45) is 7.05 Å². The zero-order chi connectivity index (χ0) is 24.6. The fourth-order valence-corrected chi connectivity index (χ4v) is 3.90. The number of hydrogen-bond donors (Lipinski definition) is 2. The first-order valence-electron chi connectivity index (χ1n) is 10.7. The van der Waals surface area contributed by atoms with E-state index >= 15 is 0 Å². The van der Waals surface area contributed by atoms with Crippen LogP contribution in [-0.2, 0) is 16.6 Å². The highest BCUT2D eigenvalue weighted by Crippen LogP contribution is 2.24. The molecule has 9 heteroatoms. The van der Waals surface area contributed by atoms with E-state index in [1.165, 1.54) is 30.0 Å². The van der Waals surface area contributed by atoms with E-state index in [-0.39, 0.29) is 23.3 Å². The summed E-state index contributed by atoms with van der Waals surface area (Å²) in [5.74, 6) is -0.386. The Morgan fingerprint density at radius 2 is 1.66 bits per heavy atom. The SMILES string of the molecule is Cn1c(SCC(=O)Nc2ccccc2F)nnc1-c1ccc(NC(=O)/C=C/c2ccccc2)cc1. The summed E-state index contributed by atoms with van der Waals surface area (Å²) >= 11 is 1.20. The number of thioether (sulfide) groups is 1. The molecule has 0 bridgehead atoms. The molecule has 0 spiro atoms. The number of carbonyl (C=O) groups is 2. The minimum atomic E-state index is -0.487. The van der Waals surface area contributed by atoms with Gasteiger partial charge in [-0.25, -0.2) is 4.39 Å². The van der Waals surface area contributed by atoms with Crippen LogP contribution in [-0.4, -0.2) is 32.3 Å². The van der Waals surface area contributed by atoms with Gasteiger partial charge in [0.15, 0.2) is 11.0 Å². The second-order valence-corrected chi connectivity index (χ2v) is 8.44. The molecular formula is C26H22FN5O2S. The van der Waals surface area contributed by atoms with Gasteiger partial charge in [0.2, 0.25) is 11.8 Å². The lowest BCUT2D eigenvalue weighted by molar-refractivity contribution is -0.114. The lowest BCUT2D eigenvalue weighted by Crippen LogP contribution is -2.15. The summed E-state index contributed by atoms with van der Waals surface area (Å²) in [5, 5.41) is 14.3. The van der Waals surface area contributed by atoms with Crippen LogP contribution in [0.15, 0.2) is 90.1 Å². The molecule has 176 valence electrons. The van der Waals surface area contributed by atoms with Gasteiger partial charge in [-0.15, -0.1) is 10.2 Å². The second kappa shape index (κ2) is 11.3. The summed E-state index contributed by atoms with van der Waals surface area (Å²) in [6, 6.07) is 22.8. The van der Waals surface area contributed by atoms with Gasteiger partial charge in [0.25, 0.3) is 0 Å². The molecule has 0 atom stereocenters. The van der Waals surface area contributed by atoms with Gasteiger partial charge in [0, 0.05) is 24.4 Å². The molecule has 0 saturated carbocycles. The van der Waals surface area contributed by atoms with Crippen molar-refractivity contribution in [2.75, 3.05) is 16.4 Å². The molecule has 0 unspecified atom stereocenters. The van der Waals surface area contributed by atoms with Crippen molar-refractivity contribution in [1.82, 2.24) is 14.8 Å². The van der Waals surface area contributed by atoms with E-state index in [9.17, 15) is 14.0 Å². The zero-order valence-corrected chi connectivity index (χ0v) is 19.6. The van der Waals surface area contributed by atoms with E-state index in [1.807, 2.05) is 42.5 Å². The zero-order valence-electron chi connectivity index (χ0n) is 18.8. The Bertz CT molecular complexity index is 1350. The lowest BCUT2D eigenvalue weighted by atomic mass is 10.2. The molecule has 0 fully saturated rings. The van der Waals surface area contributed by atoms with Gasteiger partial charge in [-0.3, -0.25) is 9.59 Å². The third-order valence-electron chi connectivity index (χ3n) is 4.95. The minimum Gasteiger partial charge on any atom is -0.323 e. The van der Waals surface area contributed by atoms with Crippen LogP contribution in [0.25, 0.3) is 17.5 Å². The summed E-state index contributed by atoms with van der Waals surface area (Å²) in [7, 11) is 1.80. The van der Waals surface area contributed by atoms with Gasteiger partial charge in [0.05, 0.1) is 11.4 Å². The van der Waals surface area contributed by atoms with E-state index in [0.29, 0.717) is 16.7 Å². The molecule has 0 aliphatic heterocycles. The number of carbonyl (C=O) groups excluding carboxylic acids is 2. The molecule has 3 aromatic carbocycles. The quantitative estimate of drug-likeness (QED) is 0.270. The van der Waals surface area contributed by atoms with Gasteiger partial charge >= 0.3 is 0 Å². The summed E-state index contributed by atoms with van der Waals surface area (Å²) in [4.78, 5) is 24.4. The van der Waals surface area contributed by atoms with Crippen LogP contribution in [0.4, 0.5) is 15.8 Å². The first-order chi connectivity index (χ1) is 17.0. The Morgan fingerprint density at radius 1 is 0.943 bits per heavy atom. The lowest BCUT2D eigenvalue weighted by Gasteiger charge is -2.07. The molecule has 4 rings (SSSR count). The van der Waals surface area contributed by atoms with E-state index in [1.54, 1.807) is 42.0 Å². The van der Waals surface area contributed by atoms with E-state index in [2.05, 4.69) is 20.8 Å². The van der Waals surface area contributed by atoms with Crippen LogP contribution in [0, 0.1) is 5.82 Å². The van der Waals surface area contributed by atoms with Crippen LogP contribution in [0.5, 0.6) is 0 Å². The first-order valence-corrected chi connectivity index (χ1v) is 11.7. The van der Waals surface area contributed by atoms with E-state index < -0.39 is 5.82 Å². The number of hydrogen-bond acceptors (Lipinski definition) is 5. The molecule has 2 N–H and O–H groups in total. The monoisotopic (exact) mass is 487 g/mol. The largest absolute Gasteiger partial charge is 0.323 e. The molecule has 0 radical (unpaired) electrons. The summed E-state index contributed by atoms with van der Waals surface area (Å²) in [6.45, 7) is 0. The van der Waals surface area contributed by atoms with Gasteiger partial charge in [-0.1, -0.05) is 54.2 Å². The molecule has 0 saturated heterocycles. The van der Waals surface area contributed by atoms with E-state index in [0.717, 1.165) is 11.1 Å². The molecular weight excluding hydrogens is 465 g/mol. The summed E-state index contributed by atoms with van der Waals surface area (Å²) in [6.07, 6.45) is 3.23. The maximum Gasteiger partial charge on any atom is 0.248 e. The first kappa shape index (κ1) is 23.9. The van der Waals surface area contributed by atoms with Crippen LogP contribution < -0.4 is 10.6 Å². The Morgan fingerprint density at radius 3 is 2.40 bits per heavy atom. The Labute approximate surface area is 206 Å². The van der Waals surface area contributed by atoms with Crippen molar-refractivity contribution in [3.05, 3.63) is 96.3 Å². The summed E-state index contributed by atoms with van der Waals surface area (Å²) in [5.41, 5.74) is 2.54. The minimum absolute atomic E-state index is 0.0573. The number of anilines is 2. The molecule has 2 amide bonds. The van der Waals surface area contributed by atoms with Crippen molar-refractivity contribution in [1.29, 1.82) is 0 Å². The normalized spacial score (nSPS) is 10.9. The van der Waals surface area contributed by atoms with Crippen LogP contribution in [0.3, 0.4) is 0 Å². The fraction of sp³-hybridized carbons (Fsp3) is 0.0769. The smallest absolute Gasteiger partial charge is 0.248 e. The third-order valence-corrected chi connectivity index (χ3v) is 5.97. The maximum atomic E-state index is 13.7. The summed E-state index contributed by atoms with van der Waals surface area (Å²) < 4.78 is 15.5. The molecule has 1 aromatic heterocycles. The Hall–Kier alpha value is -4.24. The van der Waals surface area contributed by atoms with Crippen molar-refractivity contribution in [2.45, 2.75) is 5.16 Å². The van der Waals surface area contributed by atoms with Crippen LogP contribution >= 0.6 is 11.8 Å². The average molecular weight is 488 g/mol. The average Bonchev–Trinajstić information content (AvgIpc) is 3.24. The van der Waals surface area contributed by atoms with Crippen molar-refractivity contribution in [3.8, 4) is 11.4 Å². The van der Waals surface area contributed by atoms with Gasteiger partial charge < -0.3 is 15.2 Å². The second-order valence-electron chi connectivity index (χ2n) is 7.49. The number of halogens is 1. The standard InChI is InChI=1S/C26H22FN5O2S/c1-32-25(30-31-26(32)35-17-24(34)29-22-10-6-5-9-21(22)27)19-12-14-20(15-13-19)28-23(33)16-11-18-7-3-2-4-8-18/h2-16H,17H2,1H3,(H,28,33)(H,29,34)/b16-11+. The molecule has 35 heavy (non-hydrogen) atoms. The molecule has 7 nitrogen and oxygen atoms in total. The predicted molar refractivity (Wildman–Crippen MR) is 136 cm³/mol.